The molecule has 10 radical (unpaired) electrons. The van der Waals surface area contributed by atoms with E-state index in [1.165, 1.54) is 0 Å². The fourth-order valence-corrected chi connectivity index (χ4v) is 2.12. The van der Waals surface area contributed by atoms with Crippen LogP contribution in [0.25, 0.3) is 0 Å². The van der Waals surface area contributed by atoms with Gasteiger partial charge in [-0.2, -0.15) is 0 Å². The lowest BCUT2D eigenvalue weighted by Crippen LogP contribution is -2.67. The van der Waals surface area contributed by atoms with Crippen LogP contribution in [0.2, 0.25) is 0 Å². The molecule has 92 valence electrons. The molecule has 0 fully saturated rings. The molecule has 1 aromatic carbocycles. The second-order valence-electron chi connectivity index (χ2n) is 5.55. The van der Waals surface area contributed by atoms with Gasteiger partial charge in [0.15, 0.2) is 11.5 Å². The van der Waals surface area contributed by atoms with Crippen molar-refractivity contribution in [3.63, 3.8) is 0 Å². The smallest absolute Gasteiger partial charge is 0.231 e. The molecular weight excluding hydrogens is 244 g/mol. The van der Waals surface area contributed by atoms with E-state index in [4.69, 9.17) is 48.7 Å². The summed E-state index contributed by atoms with van der Waals surface area (Å²) in [7, 11) is 30.0. The molecule has 8 heteroatoms. The van der Waals surface area contributed by atoms with E-state index in [1.54, 1.807) is 32.0 Å². The van der Waals surface area contributed by atoms with Gasteiger partial charge < -0.3 is 14.8 Å². The van der Waals surface area contributed by atoms with Crippen molar-refractivity contribution in [3.05, 3.63) is 23.8 Å². The van der Waals surface area contributed by atoms with Crippen molar-refractivity contribution in [2.45, 2.75) is 29.8 Å². The van der Waals surface area contributed by atoms with Gasteiger partial charge in [-0.1, -0.05) is 36.0 Å². The third-order valence-corrected chi connectivity index (χ3v) is 3.24. The van der Waals surface area contributed by atoms with Crippen molar-refractivity contribution < 1.29 is 9.47 Å². The van der Waals surface area contributed by atoms with Crippen molar-refractivity contribution in [1.29, 1.82) is 0 Å². The molecule has 1 unspecified atom stereocenters. The highest BCUT2D eigenvalue weighted by Crippen LogP contribution is 2.37. The van der Waals surface area contributed by atoms with Gasteiger partial charge in [-0.05, 0) is 17.6 Å². The largest absolute Gasteiger partial charge is 0.454 e. The highest BCUT2D eigenvalue weighted by molar-refractivity contribution is 6.46. The predicted molar refractivity (Wildman–Crippen MR) is 83.0 cm³/mol. The molecule has 0 aliphatic carbocycles. The van der Waals surface area contributed by atoms with Crippen molar-refractivity contribution >= 4 is 39.2 Å². The van der Waals surface area contributed by atoms with Crippen molar-refractivity contribution in [2.75, 3.05) is 6.79 Å². The summed E-state index contributed by atoms with van der Waals surface area (Å²) < 4.78 is 10.5. The summed E-state index contributed by atoms with van der Waals surface area (Å²) >= 11 is 0. The van der Waals surface area contributed by atoms with Gasteiger partial charge in [0.2, 0.25) is 6.79 Å². The second kappa shape index (κ2) is 4.83. The zero-order valence-corrected chi connectivity index (χ0v) is 11.6. The van der Waals surface area contributed by atoms with Gasteiger partial charge in [-0.3, -0.25) is 0 Å². The van der Waals surface area contributed by atoms with Crippen LogP contribution in [0.1, 0.15) is 19.4 Å². The normalized spacial score (nSPS) is 17.7. The summed E-state index contributed by atoms with van der Waals surface area (Å²) in [6.45, 7) is 3.35. The molecule has 0 saturated carbocycles. The first kappa shape index (κ1) is 15.5. The van der Waals surface area contributed by atoms with Crippen molar-refractivity contribution in [2.24, 2.45) is 0 Å². The number of nitrogens with one attached hydrogen (secondary N) is 1. The van der Waals surface area contributed by atoms with E-state index in [2.05, 4.69) is 5.32 Å². The Kier molecular flexibility index (Phi) is 3.74. The number of hydrogen-bond donors (Lipinski definition) is 1. The average Bonchev–Trinajstić information content (AvgIpc) is 2.71. The molecule has 3 nitrogen and oxygen atoms in total. The maximum atomic E-state index is 6.20. The quantitative estimate of drug-likeness (QED) is 0.729. The molecule has 0 bridgehead atoms. The molecular formula is C12H12B5NO2. The van der Waals surface area contributed by atoms with Crippen LogP contribution < -0.4 is 14.8 Å². The van der Waals surface area contributed by atoms with Crippen LogP contribution in [-0.4, -0.2) is 56.8 Å². The number of fused-ring (bicyclic) bond motifs is 1. The van der Waals surface area contributed by atoms with Crippen LogP contribution >= 0.6 is 0 Å². The van der Waals surface area contributed by atoms with Crippen LogP contribution in [0, 0.1) is 0 Å². The molecule has 0 spiro atoms. The van der Waals surface area contributed by atoms with Crippen molar-refractivity contribution in [3.8, 4) is 11.5 Å². The van der Waals surface area contributed by atoms with Gasteiger partial charge in [-0.15, -0.1) is 0 Å². The van der Waals surface area contributed by atoms with E-state index >= 15 is 0 Å². The van der Waals surface area contributed by atoms with Crippen LogP contribution in [0.5, 0.6) is 11.5 Å². The first-order valence-electron chi connectivity index (χ1n) is 6.17. The van der Waals surface area contributed by atoms with Gasteiger partial charge in [0.05, 0.1) is 39.2 Å². The van der Waals surface area contributed by atoms with E-state index in [9.17, 15) is 0 Å². The van der Waals surface area contributed by atoms with Gasteiger partial charge in [0.25, 0.3) is 0 Å². The zero-order valence-electron chi connectivity index (χ0n) is 11.6. The molecule has 0 aromatic heterocycles. The van der Waals surface area contributed by atoms with E-state index in [-0.39, 0.29) is 6.79 Å². The minimum Gasteiger partial charge on any atom is -0.454 e. The Morgan fingerprint density at radius 2 is 1.60 bits per heavy atom. The monoisotopic (exact) mass is 257 g/mol. The number of benzene rings is 1. The molecule has 1 heterocycles. The number of hydrogen-bond acceptors (Lipinski definition) is 3. The van der Waals surface area contributed by atoms with Crippen LogP contribution in [-0.2, 0) is 5.21 Å². The lowest BCUT2D eigenvalue weighted by atomic mass is 9.37. The lowest BCUT2D eigenvalue weighted by Gasteiger charge is -2.49. The Balaban J connectivity index is 2.34. The molecule has 1 atom stereocenters. The van der Waals surface area contributed by atoms with Gasteiger partial charge in [0, 0.05) is 0 Å². The minimum atomic E-state index is -1.42. The highest BCUT2D eigenvalue weighted by atomic mass is 16.7. The Morgan fingerprint density at radius 3 is 2.20 bits per heavy atom. The van der Waals surface area contributed by atoms with Gasteiger partial charge in [0.1, 0.15) is 0 Å². The lowest BCUT2D eigenvalue weighted by molar-refractivity contribution is 0.174. The van der Waals surface area contributed by atoms with Gasteiger partial charge >= 0.3 is 0 Å². The average molecular weight is 256 g/mol. The molecule has 1 aliphatic heterocycles. The Labute approximate surface area is 126 Å². The molecule has 2 rings (SSSR count). The third kappa shape index (κ3) is 2.90. The summed E-state index contributed by atoms with van der Waals surface area (Å²) in [5.41, 5.74) is -0.678. The molecule has 1 N–H and O–H groups in total. The molecule has 20 heavy (non-hydrogen) atoms. The fraction of sp³-hybridized carbons (Fsp3) is 0.500. The second-order valence-corrected chi connectivity index (χ2v) is 5.55. The SMILES string of the molecule is [B]C([B])(C)NC([B])(C)C([B])([B])c1ccc2c(c1)OCO2. The van der Waals surface area contributed by atoms with Crippen LogP contribution in [0.3, 0.4) is 0 Å². The Hall–Kier alpha value is -0.895. The predicted octanol–water partition coefficient (Wildman–Crippen LogP) is -0.610. The van der Waals surface area contributed by atoms with Gasteiger partial charge in [-0.25, -0.2) is 0 Å². The molecule has 1 aliphatic rings. The third-order valence-electron chi connectivity index (χ3n) is 3.24. The van der Waals surface area contributed by atoms with Crippen molar-refractivity contribution in [1.82, 2.24) is 5.32 Å². The van der Waals surface area contributed by atoms with E-state index in [0.717, 1.165) is 0 Å². The summed E-state index contributed by atoms with van der Waals surface area (Å²) in [6.07, 6.45) is 0. The van der Waals surface area contributed by atoms with Crippen LogP contribution in [0.4, 0.5) is 0 Å². The standard InChI is InChI=1S/C12H12B5NO2/c1-10(13,18-11(2,14)15)12(16,17)7-3-4-8-9(5-7)20-6-19-8/h3-5,18H,6H2,1-2H3. The first-order valence-corrected chi connectivity index (χ1v) is 6.17. The van der Waals surface area contributed by atoms with E-state index < -0.39 is 16.0 Å². The summed E-state index contributed by atoms with van der Waals surface area (Å²) in [6, 6.07) is 5.15. The highest BCUT2D eigenvalue weighted by Gasteiger charge is 2.39. The number of ether oxygens (including phenoxy) is 2. The maximum absolute atomic E-state index is 6.20. The van der Waals surface area contributed by atoms with E-state index in [0.29, 0.717) is 17.1 Å². The minimum absolute atomic E-state index is 0.169. The summed E-state index contributed by atoms with van der Waals surface area (Å²) in [5.74, 6) is 1.21. The first-order chi connectivity index (χ1) is 9.03. The van der Waals surface area contributed by atoms with E-state index in [1.807, 2.05) is 0 Å². The van der Waals surface area contributed by atoms with Crippen LogP contribution in [0.15, 0.2) is 18.2 Å². The topological polar surface area (TPSA) is 30.5 Å². The number of rotatable bonds is 4. The fourth-order valence-electron chi connectivity index (χ4n) is 2.12. The Bertz CT molecular complexity index is 513. The maximum Gasteiger partial charge on any atom is 0.231 e. The summed E-state index contributed by atoms with van der Waals surface area (Å²) in [5, 5.41) is 0.172. The Morgan fingerprint density at radius 1 is 1.00 bits per heavy atom. The molecule has 0 amide bonds. The summed E-state index contributed by atoms with van der Waals surface area (Å²) in [4.78, 5) is 0. The zero-order chi connectivity index (χ0) is 15.2. The molecule has 1 aromatic rings. The molecule has 0 saturated heterocycles.